The Morgan fingerprint density at radius 1 is 1.18 bits per heavy atom. The molecule has 2 saturated carbocycles. The lowest BCUT2D eigenvalue weighted by Crippen LogP contribution is -2.46. The number of sulfonamides is 1. The molecule has 2 fully saturated rings. The van der Waals surface area contributed by atoms with Crippen LogP contribution in [0.15, 0.2) is 0 Å². The molecule has 0 amide bonds. The van der Waals surface area contributed by atoms with E-state index in [0.29, 0.717) is 24.1 Å². The zero-order valence-electron chi connectivity index (χ0n) is 10.6. The highest BCUT2D eigenvalue weighted by Crippen LogP contribution is 2.33. The molecule has 0 aromatic carbocycles. The van der Waals surface area contributed by atoms with Crippen LogP contribution in [0, 0.1) is 11.8 Å². The largest absolute Gasteiger partial charge is 0.330 e. The SMILES string of the molecule is CN(C1CCCCC1CN)S(=O)(=O)CC1CC1. The normalized spacial score (nSPS) is 30.8. The summed E-state index contributed by atoms with van der Waals surface area (Å²) >= 11 is 0. The Labute approximate surface area is 105 Å². The summed E-state index contributed by atoms with van der Waals surface area (Å²) in [5.74, 6) is 1.11. The van der Waals surface area contributed by atoms with E-state index in [1.807, 2.05) is 0 Å². The summed E-state index contributed by atoms with van der Waals surface area (Å²) in [4.78, 5) is 0. The van der Waals surface area contributed by atoms with Gasteiger partial charge in [-0.1, -0.05) is 12.8 Å². The minimum absolute atomic E-state index is 0.137. The summed E-state index contributed by atoms with van der Waals surface area (Å²) in [5, 5.41) is 0. The van der Waals surface area contributed by atoms with Gasteiger partial charge in [0.05, 0.1) is 5.75 Å². The maximum Gasteiger partial charge on any atom is 0.214 e. The lowest BCUT2D eigenvalue weighted by atomic mass is 9.85. The van der Waals surface area contributed by atoms with Gasteiger partial charge in [0.2, 0.25) is 10.0 Å². The molecule has 2 aliphatic rings. The number of hydrogen-bond acceptors (Lipinski definition) is 3. The van der Waals surface area contributed by atoms with Gasteiger partial charge in [0.25, 0.3) is 0 Å². The van der Waals surface area contributed by atoms with E-state index in [-0.39, 0.29) is 6.04 Å². The average Bonchev–Trinajstić information content (AvgIpc) is 3.11. The van der Waals surface area contributed by atoms with E-state index in [1.54, 1.807) is 11.4 Å². The van der Waals surface area contributed by atoms with Gasteiger partial charge in [-0.05, 0) is 44.1 Å². The minimum Gasteiger partial charge on any atom is -0.330 e. The van der Waals surface area contributed by atoms with Crippen LogP contribution >= 0.6 is 0 Å². The second kappa shape index (κ2) is 5.24. The Hall–Kier alpha value is -0.130. The Bertz CT molecular complexity index is 352. The molecular formula is C12H24N2O2S. The first-order valence-electron chi connectivity index (χ1n) is 6.70. The summed E-state index contributed by atoms with van der Waals surface area (Å²) in [5.41, 5.74) is 5.77. The number of nitrogens with zero attached hydrogens (tertiary/aromatic N) is 1. The van der Waals surface area contributed by atoms with Gasteiger partial charge in [0.1, 0.15) is 0 Å². The Morgan fingerprint density at radius 3 is 2.41 bits per heavy atom. The van der Waals surface area contributed by atoms with Gasteiger partial charge in [0.15, 0.2) is 0 Å². The van der Waals surface area contributed by atoms with Crippen LogP contribution in [0.1, 0.15) is 38.5 Å². The molecule has 100 valence electrons. The summed E-state index contributed by atoms with van der Waals surface area (Å²) in [6, 6.07) is 0.137. The topological polar surface area (TPSA) is 63.4 Å². The Kier molecular flexibility index (Phi) is 4.10. The molecule has 4 nitrogen and oxygen atoms in total. The fourth-order valence-electron chi connectivity index (χ4n) is 2.85. The zero-order valence-corrected chi connectivity index (χ0v) is 11.5. The van der Waals surface area contributed by atoms with Gasteiger partial charge in [-0.2, -0.15) is 0 Å². The second-order valence-corrected chi connectivity index (χ2v) is 7.66. The molecule has 2 rings (SSSR count). The molecule has 0 aromatic heterocycles. The summed E-state index contributed by atoms with van der Waals surface area (Å²) < 4.78 is 26.1. The quantitative estimate of drug-likeness (QED) is 0.807. The van der Waals surface area contributed by atoms with Crippen molar-refractivity contribution in [2.75, 3.05) is 19.3 Å². The first-order chi connectivity index (χ1) is 8.04. The van der Waals surface area contributed by atoms with Gasteiger partial charge in [-0.15, -0.1) is 0 Å². The first kappa shape index (κ1) is 13.3. The van der Waals surface area contributed by atoms with Crippen LogP contribution in [0.2, 0.25) is 0 Å². The lowest BCUT2D eigenvalue weighted by molar-refractivity contribution is 0.204. The highest BCUT2D eigenvalue weighted by Gasteiger charge is 2.36. The van der Waals surface area contributed by atoms with E-state index in [4.69, 9.17) is 5.73 Å². The number of hydrogen-bond donors (Lipinski definition) is 1. The summed E-state index contributed by atoms with van der Waals surface area (Å²) in [6.45, 7) is 0.605. The van der Waals surface area contributed by atoms with Gasteiger partial charge in [0, 0.05) is 13.1 Å². The maximum atomic E-state index is 12.2. The van der Waals surface area contributed by atoms with Crippen molar-refractivity contribution in [3.8, 4) is 0 Å². The molecule has 2 aliphatic carbocycles. The van der Waals surface area contributed by atoms with Crippen molar-refractivity contribution in [1.29, 1.82) is 0 Å². The molecule has 0 aromatic rings. The summed E-state index contributed by atoms with van der Waals surface area (Å²) in [7, 11) is -1.32. The predicted molar refractivity (Wildman–Crippen MR) is 69.1 cm³/mol. The third kappa shape index (κ3) is 3.20. The van der Waals surface area contributed by atoms with Crippen molar-refractivity contribution < 1.29 is 8.42 Å². The van der Waals surface area contributed by atoms with Crippen LogP contribution in [0.25, 0.3) is 0 Å². The molecule has 17 heavy (non-hydrogen) atoms. The first-order valence-corrected chi connectivity index (χ1v) is 8.31. The molecule has 0 heterocycles. The Morgan fingerprint density at radius 2 is 1.82 bits per heavy atom. The van der Waals surface area contributed by atoms with E-state index in [9.17, 15) is 8.42 Å². The Balaban J connectivity index is 2.03. The standard InChI is InChI=1S/C12H24N2O2S/c1-14(17(15,16)9-10-6-7-10)12-5-3-2-4-11(12)8-13/h10-12H,2-9,13H2,1H3. The lowest BCUT2D eigenvalue weighted by Gasteiger charge is -2.36. The van der Waals surface area contributed by atoms with E-state index < -0.39 is 10.0 Å². The smallest absolute Gasteiger partial charge is 0.214 e. The molecule has 2 unspecified atom stereocenters. The molecule has 0 saturated heterocycles. The predicted octanol–water partition coefficient (Wildman–Crippen LogP) is 1.18. The highest BCUT2D eigenvalue weighted by atomic mass is 32.2. The summed E-state index contributed by atoms with van der Waals surface area (Å²) in [6.07, 6.45) is 6.53. The third-order valence-corrected chi connectivity index (χ3v) is 6.26. The van der Waals surface area contributed by atoms with Crippen LogP contribution in [-0.4, -0.2) is 38.1 Å². The van der Waals surface area contributed by atoms with Gasteiger partial charge in [-0.3, -0.25) is 0 Å². The maximum absolute atomic E-state index is 12.2. The van der Waals surface area contributed by atoms with Crippen LogP contribution < -0.4 is 5.73 Å². The molecule has 5 heteroatoms. The molecular weight excluding hydrogens is 236 g/mol. The zero-order chi connectivity index (χ0) is 12.5. The number of rotatable bonds is 5. The molecule has 0 radical (unpaired) electrons. The number of nitrogens with two attached hydrogens (primary N) is 1. The second-order valence-electron chi connectivity index (χ2n) is 5.59. The molecule has 2 N–H and O–H groups in total. The van der Waals surface area contributed by atoms with Crippen LogP contribution in [-0.2, 0) is 10.0 Å². The van der Waals surface area contributed by atoms with Crippen molar-refractivity contribution in [2.45, 2.75) is 44.6 Å². The van der Waals surface area contributed by atoms with Crippen LogP contribution in [0.4, 0.5) is 0 Å². The minimum atomic E-state index is -3.06. The van der Waals surface area contributed by atoms with E-state index >= 15 is 0 Å². The van der Waals surface area contributed by atoms with Crippen molar-refractivity contribution in [3.63, 3.8) is 0 Å². The van der Waals surface area contributed by atoms with Gasteiger partial charge in [-0.25, -0.2) is 12.7 Å². The van der Waals surface area contributed by atoms with Crippen LogP contribution in [0.3, 0.4) is 0 Å². The van der Waals surface area contributed by atoms with Crippen molar-refractivity contribution in [2.24, 2.45) is 17.6 Å². The fraction of sp³-hybridized carbons (Fsp3) is 1.00. The third-order valence-electron chi connectivity index (χ3n) is 4.22. The van der Waals surface area contributed by atoms with Crippen molar-refractivity contribution >= 4 is 10.0 Å². The molecule has 0 spiro atoms. The molecule has 0 bridgehead atoms. The van der Waals surface area contributed by atoms with Gasteiger partial charge >= 0.3 is 0 Å². The van der Waals surface area contributed by atoms with E-state index in [1.165, 1.54) is 6.42 Å². The van der Waals surface area contributed by atoms with E-state index in [0.717, 1.165) is 32.1 Å². The molecule has 2 atom stereocenters. The van der Waals surface area contributed by atoms with E-state index in [2.05, 4.69) is 0 Å². The van der Waals surface area contributed by atoms with Crippen LogP contribution in [0.5, 0.6) is 0 Å². The highest BCUT2D eigenvalue weighted by molar-refractivity contribution is 7.89. The van der Waals surface area contributed by atoms with Crippen molar-refractivity contribution in [3.05, 3.63) is 0 Å². The fourth-order valence-corrected chi connectivity index (χ4v) is 4.70. The van der Waals surface area contributed by atoms with Crippen molar-refractivity contribution in [1.82, 2.24) is 4.31 Å². The average molecular weight is 260 g/mol. The molecule has 0 aliphatic heterocycles. The van der Waals surface area contributed by atoms with Gasteiger partial charge < -0.3 is 5.73 Å². The monoisotopic (exact) mass is 260 g/mol.